The molecule has 1 amide bonds. The molecule has 0 aliphatic heterocycles. The van der Waals surface area contributed by atoms with E-state index in [1.54, 1.807) is 31.4 Å². The summed E-state index contributed by atoms with van der Waals surface area (Å²) in [6.45, 7) is 0.0159. The van der Waals surface area contributed by atoms with E-state index in [1.807, 2.05) is 0 Å². The first kappa shape index (κ1) is 20.4. The highest BCUT2D eigenvalue weighted by molar-refractivity contribution is 6.33. The highest BCUT2D eigenvalue weighted by Crippen LogP contribution is 2.24. The van der Waals surface area contributed by atoms with Crippen LogP contribution in [-0.4, -0.2) is 38.9 Å². The van der Waals surface area contributed by atoms with Crippen molar-refractivity contribution in [1.29, 1.82) is 0 Å². The predicted octanol–water partition coefficient (Wildman–Crippen LogP) is 3.25. The lowest BCUT2D eigenvalue weighted by atomic mass is 10.1. The van der Waals surface area contributed by atoms with Gasteiger partial charge in [-0.25, -0.2) is 9.37 Å². The van der Waals surface area contributed by atoms with Crippen molar-refractivity contribution < 1.29 is 18.7 Å². The minimum atomic E-state index is -0.471. The predicted molar refractivity (Wildman–Crippen MR) is 111 cm³/mol. The molecule has 156 valence electrons. The number of benzene rings is 2. The van der Waals surface area contributed by atoms with Gasteiger partial charge in [-0.3, -0.25) is 9.59 Å². The van der Waals surface area contributed by atoms with Crippen LogP contribution in [0.2, 0.25) is 5.15 Å². The fraction of sp³-hybridized carbons (Fsp3) is 0.0952. The molecule has 0 fully saturated rings. The Labute approximate surface area is 180 Å². The van der Waals surface area contributed by atoms with Gasteiger partial charge in [0.05, 0.1) is 30.9 Å². The number of halogens is 2. The second-order valence-electron chi connectivity index (χ2n) is 6.53. The third kappa shape index (κ3) is 4.36. The number of pyridine rings is 1. The van der Waals surface area contributed by atoms with Crippen molar-refractivity contribution in [2.45, 2.75) is 6.54 Å². The van der Waals surface area contributed by atoms with Crippen molar-refractivity contribution in [3.8, 4) is 5.75 Å². The Bertz CT molecular complexity index is 1290. The summed E-state index contributed by atoms with van der Waals surface area (Å²) < 4.78 is 19.2. The van der Waals surface area contributed by atoms with Gasteiger partial charge < -0.3 is 10.1 Å². The van der Waals surface area contributed by atoms with Crippen LogP contribution in [0.3, 0.4) is 0 Å². The lowest BCUT2D eigenvalue weighted by Crippen LogP contribution is -2.23. The fourth-order valence-corrected chi connectivity index (χ4v) is 3.12. The summed E-state index contributed by atoms with van der Waals surface area (Å²) in [5.74, 6) is -0.744. The first-order valence-corrected chi connectivity index (χ1v) is 9.46. The van der Waals surface area contributed by atoms with E-state index in [4.69, 9.17) is 16.3 Å². The SMILES string of the molecule is COc1ccc2nc(Cl)c(C(=O)NCc3cn(C(=O)c4ccc(F)cc4)nn3)cc2c1. The molecule has 2 heterocycles. The molecule has 0 bridgehead atoms. The van der Waals surface area contributed by atoms with Crippen LogP contribution in [0.25, 0.3) is 10.9 Å². The number of methoxy groups -OCH3 is 1. The monoisotopic (exact) mass is 439 g/mol. The Kier molecular flexibility index (Phi) is 5.59. The van der Waals surface area contributed by atoms with E-state index >= 15 is 0 Å². The third-order valence-corrected chi connectivity index (χ3v) is 4.78. The van der Waals surface area contributed by atoms with Crippen LogP contribution in [0.5, 0.6) is 5.75 Å². The van der Waals surface area contributed by atoms with E-state index < -0.39 is 17.6 Å². The lowest BCUT2D eigenvalue weighted by molar-refractivity contribution is 0.0939. The zero-order valence-corrected chi connectivity index (χ0v) is 16.9. The Morgan fingerprint density at radius 2 is 1.94 bits per heavy atom. The van der Waals surface area contributed by atoms with Gasteiger partial charge >= 0.3 is 0 Å². The van der Waals surface area contributed by atoms with E-state index in [1.165, 1.54) is 30.5 Å². The molecule has 0 unspecified atom stereocenters. The number of hydrogen-bond acceptors (Lipinski definition) is 6. The lowest BCUT2D eigenvalue weighted by Gasteiger charge is -2.08. The van der Waals surface area contributed by atoms with Gasteiger partial charge in [0.25, 0.3) is 11.8 Å². The van der Waals surface area contributed by atoms with Crippen molar-refractivity contribution >= 4 is 34.3 Å². The first-order chi connectivity index (χ1) is 14.9. The molecule has 10 heteroatoms. The Morgan fingerprint density at radius 1 is 1.16 bits per heavy atom. The van der Waals surface area contributed by atoms with E-state index in [0.29, 0.717) is 22.3 Å². The number of carbonyl (C=O) groups excluding carboxylic acids is 2. The van der Waals surface area contributed by atoms with Crippen LogP contribution < -0.4 is 10.1 Å². The van der Waals surface area contributed by atoms with Crippen LogP contribution in [-0.2, 0) is 6.54 Å². The normalized spacial score (nSPS) is 10.8. The summed E-state index contributed by atoms with van der Waals surface area (Å²) in [4.78, 5) is 29.2. The fourth-order valence-electron chi connectivity index (χ4n) is 2.89. The molecule has 0 aliphatic rings. The summed E-state index contributed by atoms with van der Waals surface area (Å²) in [5.41, 5.74) is 1.43. The van der Waals surface area contributed by atoms with Gasteiger partial charge in [0, 0.05) is 10.9 Å². The van der Waals surface area contributed by atoms with Crippen molar-refractivity contribution in [3.05, 3.63) is 82.5 Å². The number of nitrogens with zero attached hydrogens (tertiary/aromatic N) is 4. The van der Waals surface area contributed by atoms with E-state index in [0.717, 1.165) is 4.68 Å². The third-order valence-electron chi connectivity index (χ3n) is 4.49. The average Bonchev–Trinajstić information content (AvgIpc) is 3.26. The van der Waals surface area contributed by atoms with Gasteiger partial charge in [-0.2, -0.15) is 4.68 Å². The summed E-state index contributed by atoms with van der Waals surface area (Å²) in [7, 11) is 1.55. The van der Waals surface area contributed by atoms with E-state index in [9.17, 15) is 14.0 Å². The molecule has 0 spiro atoms. The molecular weight excluding hydrogens is 425 g/mol. The Hall–Kier alpha value is -3.85. The van der Waals surface area contributed by atoms with Crippen LogP contribution in [0, 0.1) is 5.82 Å². The maximum absolute atomic E-state index is 13.0. The molecule has 1 N–H and O–H groups in total. The topological polar surface area (TPSA) is 99.0 Å². The smallest absolute Gasteiger partial charge is 0.279 e. The second kappa shape index (κ2) is 8.49. The summed E-state index contributed by atoms with van der Waals surface area (Å²) >= 11 is 6.17. The van der Waals surface area contributed by atoms with Crippen LogP contribution in [0.1, 0.15) is 26.4 Å². The summed E-state index contributed by atoms with van der Waals surface area (Å²) in [6.07, 6.45) is 1.39. The van der Waals surface area contributed by atoms with Crippen molar-refractivity contribution in [3.63, 3.8) is 0 Å². The highest BCUT2D eigenvalue weighted by atomic mass is 35.5. The second-order valence-corrected chi connectivity index (χ2v) is 6.89. The quantitative estimate of drug-likeness (QED) is 0.479. The number of nitrogens with one attached hydrogen (secondary N) is 1. The zero-order valence-electron chi connectivity index (χ0n) is 16.2. The number of fused-ring (bicyclic) bond motifs is 1. The minimum absolute atomic E-state index is 0.0159. The minimum Gasteiger partial charge on any atom is -0.497 e. The number of aromatic nitrogens is 4. The molecule has 0 atom stereocenters. The molecule has 0 saturated carbocycles. The summed E-state index contributed by atoms with van der Waals surface area (Å²) in [6, 6.07) is 11.9. The summed E-state index contributed by atoms with van der Waals surface area (Å²) in [5, 5.41) is 11.1. The molecule has 2 aromatic heterocycles. The van der Waals surface area contributed by atoms with Gasteiger partial charge in [-0.1, -0.05) is 16.8 Å². The average molecular weight is 440 g/mol. The van der Waals surface area contributed by atoms with Crippen molar-refractivity contribution in [2.24, 2.45) is 0 Å². The molecule has 4 aromatic rings. The van der Waals surface area contributed by atoms with Crippen molar-refractivity contribution in [1.82, 2.24) is 25.3 Å². The molecule has 0 saturated heterocycles. The van der Waals surface area contributed by atoms with E-state index in [-0.39, 0.29) is 22.8 Å². The first-order valence-electron chi connectivity index (χ1n) is 9.08. The molecule has 2 aromatic carbocycles. The van der Waals surface area contributed by atoms with Gasteiger partial charge in [-0.05, 0) is 48.5 Å². The maximum atomic E-state index is 13.0. The largest absolute Gasteiger partial charge is 0.497 e. The number of rotatable bonds is 5. The molecule has 0 radical (unpaired) electrons. The van der Waals surface area contributed by atoms with Gasteiger partial charge in [-0.15, -0.1) is 5.10 Å². The van der Waals surface area contributed by atoms with Crippen LogP contribution in [0.15, 0.2) is 54.7 Å². The molecule has 4 rings (SSSR count). The maximum Gasteiger partial charge on any atom is 0.279 e. The molecule has 0 aliphatic carbocycles. The Balaban J connectivity index is 1.47. The van der Waals surface area contributed by atoms with Crippen LogP contribution >= 0.6 is 11.6 Å². The molecule has 31 heavy (non-hydrogen) atoms. The number of ether oxygens (including phenoxy) is 1. The standard InChI is InChI=1S/C21H15ClFN5O3/c1-31-16-6-7-18-13(8-16)9-17(19(22)25-18)20(29)24-10-15-11-28(27-26-15)21(30)12-2-4-14(23)5-3-12/h2-9,11H,10H2,1H3,(H,24,29). The van der Waals surface area contributed by atoms with Crippen LogP contribution in [0.4, 0.5) is 4.39 Å². The van der Waals surface area contributed by atoms with Crippen molar-refractivity contribution in [2.75, 3.05) is 7.11 Å². The number of amides is 1. The number of hydrogen-bond donors (Lipinski definition) is 1. The molecular formula is C21H15ClFN5O3. The van der Waals surface area contributed by atoms with Gasteiger partial charge in [0.2, 0.25) is 0 Å². The van der Waals surface area contributed by atoms with Gasteiger partial charge in [0.1, 0.15) is 22.4 Å². The molecule has 8 nitrogen and oxygen atoms in total. The van der Waals surface area contributed by atoms with E-state index in [2.05, 4.69) is 20.6 Å². The highest BCUT2D eigenvalue weighted by Gasteiger charge is 2.16. The van der Waals surface area contributed by atoms with Gasteiger partial charge in [0.15, 0.2) is 0 Å². The Morgan fingerprint density at radius 3 is 2.68 bits per heavy atom. The zero-order chi connectivity index (χ0) is 22.0. The number of carbonyl (C=O) groups is 2.